The van der Waals surface area contributed by atoms with Crippen LogP contribution in [0.25, 0.3) is 0 Å². The topological polar surface area (TPSA) is 32.5 Å². The van der Waals surface area contributed by atoms with Crippen LogP contribution in [0, 0.1) is 0 Å². The van der Waals surface area contributed by atoms with Gasteiger partial charge in [0.25, 0.3) is 0 Å². The smallest absolute Gasteiger partial charge is 0.0224 e. The van der Waals surface area contributed by atoms with E-state index in [-0.39, 0.29) is 0 Å². The second-order valence-corrected chi connectivity index (χ2v) is 4.11. The van der Waals surface area contributed by atoms with Crippen LogP contribution in [0.15, 0.2) is 0 Å². The summed E-state index contributed by atoms with van der Waals surface area (Å²) in [6, 6.07) is 0.762. The predicted octanol–water partition coefficient (Wildman–Crippen LogP) is 0.751. The normalized spacial score (nSPS) is 23.6. The van der Waals surface area contributed by atoms with Gasteiger partial charge in [-0.2, -0.15) is 0 Å². The first-order valence-electron chi connectivity index (χ1n) is 5.98. The molecule has 1 heterocycles. The molecule has 0 aromatic heterocycles. The zero-order valence-electron chi connectivity index (χ0n) is 9.71. The fourth-order valence-corrected chi connectivity index (χ4v) is 2.34. The quantitative estimate of drug-likeness (QED) is 0.685. The van der Waals surface area contributed by atoms with Gasteiger partial charge in [-0.05, 0) is 32.5 Å². The molecule has 1 rings (SSSR count). The first kappa shape index (κ1) is 12.0. The lowest BCUT2D eigenvalue weighted by atomic mass is 10.2. The van der Waals surface area contributed by atoms with Crippen LogP contribution in [-0.4, -0.2) is 55.1 Å². The maximum absolute atomic E-state index is 5.61. The van der Waals surface area contributed by atoms with Crippen molar-refractivity contribution in [3.63, 3.8) is 0 Å². The molecule has 0 bridgehead atoms. The van der Waals surface area contributed by atoms with E-state index in [0.717, 1.165) is 19.1 Å². The molecule has 14 heavy (non-hydrogen) atoms. The molecule has 0 aromatic rings. The van der Waals surface area contributed by atoms with E-state index in [1.54, 1.807) is 0 Å². The Kier molecular flexibility index (Phi) is 5.45. The Morgan fingerprint density at radius 3 is 2.64 bits per heavy atom. The van der Waals surface area contributed by atoms with Crippen molar-refractivity contribution in [1.29, 1.82) is 0 Å². The summed E-state index contributed by atoms with van der Waals surface area (Å²) in [4.78, 5) is 5.07. The zero-order valence-corrected chi connectivity index (χ0v) is 9.71. The van der Waals surface area contributed by atoms with Crippen LogP contribution < -0.4 is 5.73 Å². The highest BCUT2D eigenvalue weighted by Crippen LogP contribution is 2.17. The minimum absolute atomic E-state index is 0.762. The Morgan fingerprint density at radius 1 is 1.36 bits per heavy atom. The van der Waals surface area contributed by atoms with Crippen LogP contribution in [-0.2, 0) is 0 Å². The zero-order chi connectivity index (χ0) is 10.4. The predicted molar refractivity (Wildman–Crippen MR) is 61.4 cm³/mol. The second-order valence-electron chi connectivity index (χ2n) is 4.11. The van der Waals surface area contributed by atoms with Gasteiger partial charge in [0.1, 0.15) is 0 Å². The molecule has 0 aromatic carbocycles. The molecule has 0 aliphatic carbocycles. The summed E-state index contributed by atoms with van der Waals surface area (Å²) in [7, 11) is 0. The largest absolute Gasteiger partial charge is 0.329 e. The first-order valence-corrected chi connectivity index (χ1v) is 5.98. The SMILES string of the molecule is CCN(CC)C[C@H]1CCCN1CCN. The van der Waals surface area contributed by atoms with Crippen molar-refractivity contribution >= 4 is 0 Å². The summed E-state index contributed by atoms with van der Waals surface area (Å²) in [5, 5.41) is 0. The molecule has 0 amide bonds. The summed E-state index contributed by atoms with van der Waals surface area (Å²) in [6.45, 7) is 11.2. The van der Waals surface area contributed by atoms with Gasteiger partial charge in [0.15, 0.2) is 0 Å². The lowest BCUT2D eigenvalue weighted by Gasteiger charge is -2.29. The molecule has 1 saturated heterocycles. The maximum atomic E-state index is 5.61. The van der Waals surface area contributed by atoms with Crippen molar-refractivity contribution < 1.29 is 0 Å². The monoisotopic (exact) mass is 199 g/mol. The third-order valence-corrected chi connectivity index (χ3v) is 3.28. The lowest BCUT2D eigenvalue weighted by Crippen LogP contribution is -2.42. The average molecular weight is 199 g/mol. The molecule has 84 valence electrons. The second kappa shape index (κ2) is 6.38. The van der Waals surface area contributed by atoms with Gasteiger partial charge < -0.3 is 10.6 Å². The molecule has 0 unspecified atom stereocenters. The van der Waals surface area contributed by atoms with Crippen molar-refractivity contribution in [3.8, 4) is 0 Å². The van der Waals surface area contributed by atoms with Gasteiger partial charge in [0, 0.05) is 25.7 Å². The van der Waals surface area contributed by atoms with Crippen LogP contribution in [0.2, 0.25) is 0 Å². The summed E-state index contributed by atoms with van der Waals surface area (Å²) in [6.07, 6.45) is 2.71. The third-order valence-electron chi connectivity index (χ3n) is 3.28. The van der Waals surface area contributed by atoms with Crippen LogP contribution in [0.3, 0.4) is 0 Å². The Morgan fingerprint density at radius 2 is 2.07 bits per heavy atom. The molecule has 2 N–H and O–H groups in total. The van der Waals surface area contributed by atoms with Gasteiger partial charge in [-0.25, -0.2) is 0 Å². The molecule has 1 atom stereocenters. The molecule has 1 aliphatic rings. The highest BCUT2D eigenvalue weighted by molar-refractivity contribution is 4.81. The third kappa shape index (κ3) is 3.23. The number of likely N-dealkylation sites (N-methyl/N-ethyl adjacent to an activating group) is 1. The van der Waals surface area contributed by atoms with E-state index in [1.807, 2.05) is 0 Å². The van der Waals surface area contributed by atoms with E-state index in [9.17, 15) is 0 Å². The summed E-state index contributed by atoms with van der Waals surface area (Å²) in [5.74, 6) is 0. The number of nitrogens with two attached hydrogens (primary N) is 1. The van der Waals surface area contributed by atoms with Gasteiger partial charge in [0.2, 0.25) is 0 Å². The molecule has 0 saturated carbocycles. The van der Waals surface area contributed by atoms with Gasteiger partial charge in [-0.15, -0.1) is 0 Å². The van der Waals surface area contributed by atoms with Crippen LogP contribution in [0.4, 0.5) is 0 Å². The summed E-state index contributed by atoms with van der Waals surface area (Å²) in [5.41, 5.74) is 5.61. The number of hydrogen-bond acceptors (Lipinski definition) is 3. The van der Waals surface area contributed by atoms with Crippen LogP contribution >= 0.6 is 0 Å². The number of nitrogens with zero attached hydrogens (tertiary/aromatic N) is 2. The maximum Gasteiger partial charge on any atom is 0.0224 e. The van der Waals surface area contributed by atoms with E-state index >= 15 is 0 Å². The summed E-state index contributed by atoms with van der Waals surface area (Å²) < 4.78 is 0. The van der Waals surface area contributed by atoms with Crippen molar-refractivity contribution in [2.75, 3.05) is 39.3 Å². The average Bonchev–Trinajstić information content (AvgIpc) is 2.62. The lowest BCUT2D eigenvalue weighted by molar-refractivity contribution is 0.184. The molecular formula is C11H25N3. The summed E-state index contributed by atoms with van der Waals surface area (Å²) >= 11 is 0. The molecule has 3 heteroatoms. The van der Waals surface area contributed by atoms with Crippen molar-refractivity contribution in [3.05, 3.63) is 0 Å². The number of hydrogen-bond donors (Lipinski definition) is 1. The Hall–Kier alpha value is -0.120. The first-order chi connectivity index (χ1) is 6.81. The van der Waals surface area contributed by atoms with E-state index in [4.69, 9.17) is 5.73 Å². The van der Waals surface area contributed by atoms with Crippen molar-refractivity contribution in [2.24, 2.45) is 5.73 Å². The van der Waals surface area contributed by atoms with E-state index < -0.39 is 0 Å². The van der Waals surface area contributed by atoms with Gasteiger partial charge in [-0.1, -0.05) is 13.8 Å². The Bertz CT molecular complexity index is 145. The highest BCUT2D eigenvalue weighted by Gasteiger charge is 2.24. The fraction of sp³-hybridized carbons (Fsp3) is 1.00. The van der Waals surface area contributed by atoms with Crippen LogP contribution in [0.1, 0.15) is 26.7 Å². The molecule has 0 spiro atoms. The molecule has 0 radical (unpaired) electrons. The fourth-order valence-electron chi connectivity index (χ4n) is 2.34. The molecule has 3 nitrogen and oxygen atoms in total. The van der Waals surface area contributed by atoms with E-state index in [1.165, 1.54) is 39.0 Å². The molecular weight excluding hydrogens is 174 g/mol. The standard InChI is InChI=1S/C11H25N3/c1-3-13(4-2)10-11-6-5-8-14(11)9-7-12/h11H,3-10,12H2,1-2H3/t11-/m1/s1. The van der Waals surface area contributed by atoms with E-state index in [0.29, 0.717) is 0 Å². The number of likely N-dealkylation sites (tertiary alicyclic amines) is 1. The van der Waals surface area contributed by atoms with E-state index in [2.05, 4.69) is 23.6 Å². The Balaban J connectivity index is 2.34. The van der Waals surface area contributed by atoms with Crippen molar-refractivity contribution in [2.45, 2.75) is 32.7 Å². The number of rotatable bonds is 6. The van der Waals surface area contributed by atoms with Crippen LogP contribution in [0.5, 0.6) is 0 Å². The highest BCUT2D eigenvalue weighted by atomic mass is 15.2. The van der Waals surface area contributed by atoms with Crippen molar-refractivity contribution in [1.82, 2.24) is 9.80 Å². The minimum Gasteiger partial charge on any atom is -0.329 e. The molecule has 1 fully saturated rings. The van der Waals surface area contributed by atoms with Gasteiger partial charge >= 0.3 is 0 Å². The van der Waals surface area contributed by atoms with Gasteiger partial charge in [-0.3, -0.25) is 4.90 Å². The minimum atomic E-state index is 0.762. The Labute approximate surface area is 88.2 Å². The molecule has 1 aliphatic heterocycles. The van der Waals surface area contributed by atoms with Gasteiger partial charge in [0.05, 0.1) is 0 Å².